The van der Waals surface area contributed by atoms with Gasteiger partial charge in [0.15, 0.2) is 6.10 Å². The third-order valence-electron chi connectivity index (χ3n) is 17.4. The number of phosphoric acid groups is 1. The second-order valence-electron chi connectivity index (χ2n) is 28.4. The molecule has 0 saturated carbocycles. The third kappa shape index (κ3) is 84.1. The van der Waals surface area contributed by atoms with Crippen molar-refractivity contribution < 1.29 is 42.1 Å². The van der Waals surface area contributed by atoms with Crippen molar-refractivity contribution in [2.24, 2.45) is 0 Å². The van der Waals surface area contributed by atoms with E-state index in [1.807, 2.05) is 21.1 Å². The van der Waals surface area contributed by atoms with Gasteiger partial charge >= 0.3 is 19.8 Å². The summed E-state index contributed by atoms with van der Waals surface area (Å²) in [5.74, 6) is -0.808. The Morgan fingerprint density at radius 2 is 0.529 bits per heavy atom. The summed E-state index contributed by atoms with van der Waals surface area (Å²) in [6.45, 7) is 4.21. The van der Waals surface area contributed by atoms with Gasteiger partial charge in [0.1, 0.15) is 19.8 Å². The molecule has 0 fully saturated rings. The molecule has 0 spiro atoms. The predicted octanol–water partition coefficient (Wildman–Crippen LogP) is 28.2. The number of likely N-dealkylation sites (N-methyl/N-ethyl adjacent to an activating group) is 1. The minimum absolute atomic E-state index is 0.0227. The molecule has 0 amide bonds. The highest BCUT2D eigenvalue weighted by atomic mass is 31.2. The average Bonchev–Trinajstić information content (AvgIpc) is 0.916. The number of ether oxygens (including phenoxy) is 2. The Labute approximate surface area is 629 Å². The van der Waals surface area contributed by atoms with Crippen molar-refractivity contribution in [1.82, 2.24) is 0 Å². The van der Waals surface area contributed by atoms with E-state index in [-0.39, 0.29) is 32.0 Å². The number of nitrogens with zero attached hydrogens (tertiary/aromatic N) is 1. The normalized spacial score (nSPS) is 14.0. The van der Waals surface area contributed by atoms with E-state index >= 15 is 0 Å². The quantitative estimate of drug-likeness (QED) is 0.0211. The number of unbranched alkanes of at least 4 members (excludes halogenated alkanes) is 31. The van der Waals surface area contributed by atoms with Gasteiger partial charge in [-0.15, -0.1) is 0 Å². The summed E-state index contributed by atoms with van der Waals surface area (Å²) in [7, 11) is 1.46. The molecule has 0 aromatic rings. The Balaban J connectivity index is 4.03. The second kappa shape index (κ2) is 80.2. The predicted molar refractivity (Wildman–Crippen MR) is 445 cm³/mol. The van der Waals surface area contributed by atoms with Gasteiger partial charge in [-0.05, 0) is 135 Å². The molecule has 2 atom stereocenters. The maximum atomic E-state index is 12.9. The highest BCUT2D eigenvalue weighted by molar-refractivity contribution is 7.47. The summed E-state index contributed by atoms with van der Waals surface area (Å²) in [5, 5.41) is 0. The largest absolute Gasteiger partial charge is 0.472 e. The molecular weight excluding hydrogens is 1280 g/mol. The number of allylic oxidation sites excluding steroid dienone is 30. The van der Waals surface area contributed by atoms with Gasteiger partial charge in [0.2, 0.25) is 0 Å². The van der Waals surface area contributed by atoms with E-state index in [9.17, 15) is 19.0 Å². The first-order valence-corrected chi connectivity index (χ1v) is 43.0. The van der Waals surface area contributed by atoms with Crippen LogP contribution in [0.3, 0.4) is 0 Å². The van der Waals surface area contributed by atoms with Gasteiger partial charge in [-0.2, -0.15) is 0 Å². The van der Waals surface area contributed by atoms with Crippen LogP contribution in [0.2, 0.25) is 0 Å². The fourth-order valence-corrected chi connectivity index (χ4v) is 11.9. The van der Waals surface area contributed by atoms with Gasteiger partial charge < -0.3 is 18.9 Å². The maximum Gasteiger partial charge on any atom is 0.472 e. The third-order valence-corrected chi connectivity index (χ3v) is 18.4. The van der Waals surface area contributed by atoms with Gasteiger partial charge in [0, 0.05) is 12.8 Å². The number of hydrogen-bond donors (Lipinski definition) is 1. The molecule has 102 heavy (non-hydrogen) atoms. The lowest BCUT2D eigenvalue weighted by atomic mass is 10.0. The van der Waals surface area contributed by atoms with Crippen LogP contribution in [-0.2, 0) is 32.7 Å². The lowest BCUT2D eigenvalue weighted by molar-refractivity contribution is -0.870. The number of rotatable bonds is 75. The van der Waals surface area contributed by atoms with Crippen LogP contribution in [-0.4, -0.2) is 74.9 Å². The molecule has 0 aliphatic heterocycles. The molecule has 0 aromatic carbocycles. The Morgan fingerprint density at radius 3 is 0.784 bits per heavy atom. The van der Waals surface area contributed by atoms with Crippen LogP contribution >= 0.6 is 7.82 Å². The highest BCUT2D eigenvalue weighted by Gasteiger charge is 2.27. The Hall–Kier alpha value is -4.89. The SMILES string of the molecule is CC/C=C\C/C=C\C/C=C\C/C=C\C/C=C\C/C=C\C/C=C\C/C=C\C/C=C\C/C=C\C/C=C\CCCCCCCCCC(=O)OC(COC(=O)CCCCCCCCCCCCCCCCCCCCCCCCCC/C=C\C/C=C\C/C=C\C/C=C\CC)COP(=O)(O)OCC[N+](C)(C)C. The number of carbonyl (C=O) groups is 2. The molecular formula is C92H155NO8P+. The zero-order valence-corrected chi connectivity index (χ0v) is 67.2. The van der Waals surface area contributed by atoms with Crippen molar-refractivity contribution in [2.45, 2.75) is 341 Å². The number of quaternary nitrogens is 1. The summed E-state index contributed by atoms with van der Waals surface area (Å²) in [6.07, 6.45) is 123. The molecule has 0 aliphatic rings. The van der Waals surface area contributed by atoms with E-state index in [2.05, 4.69) is 196 Å². The van der Waals surface area contributed by atoms with Gasteiger partial charge in [0.25, 0.3) is 0 Å². The molecule has 0 rings (SSSR count). The van der Waals surface area contributed by atoms with Gasteiger partial charge in [-0.25, -0.2) is 4.57 Å². The molecule has 0 aromatic heterocycles. The van der Waals surface area contributed by atoms with Crippen LogP contribution < -0.4 is 0 Å². The van der Waals surface area contributed by atoms with Crippen molar-refractivity contribution in [3.8, 4) is 0 Å². The van der Waals surface area contributed by atoms with E-state index in [1.165, 1.54) is 161 Å². The second-order valence-corrected chi connectivity index (χ2v) is 29.8. The number of hydrogen-bond acceptors (Lipinski definition) is 7. The summed E-state index contributed by atoms with van der Waals surface area (Å²) >= 11 is 0. The molecule has 580 valence electrons. The minimum atomic E-state index is -4.41. The Kier molecular flexibility index (Phi) is 76.4. The Morgan fingerprint density at radius 1 is 0.304 bits per heavy atom. The van der Waals surface area contributed by atoms with Crippen LogP contribution in [0.25, 0.3) is 0 Å². The standard InChI is InChI=1S/C92H154NO8P/c1-6-8-10-12-14-16-18-20-22-24-26-28-30-32-34-36-38-40-42-44-45-46-47-49-51-53-55-57-59-61-63-65-67-69-71-73-75-77-79-81-83-85-92(95)101-90(89-100-102(96,97)99-87-86-93(3,4)5)88-98-91(94)84-82-80-78-76-74-72-70-68-66-64-62-60-58-56-54-52-50-48-43-41-39-37-35-33-31-29-27-25-23-21-19-17-15-13-11-9-7-2/h8-11,14-17,20-23,26-29,32,34,38,40,44-45,47,49,53,55,59,61,65,67,90H,6-7,12-13,18-19,24-25,30-31,33,35-37,39,41-43,46,48,50-52,54,56-58,60,62-64,66,68-89H2,1-5H3/p+1/b10-8-,11-9-,16-14-,17-15-,22-20-,23-21-,28-26-,29-27-,34-32-,40-38-,45-44-,49-47-,55-53-,61-59-,67-65-. The molecule has 9 nitrogen and oxygen atoms in total. The number of esters is 2. The minimum Gasteiger partial charge on any atom is -0.462 e. The zero-order valence-electron chi connectivity index (χ0n) is 66.3. The fourth-order valence-electron chi connectivity index (χ4n) is 11.2. The smallest absolute Gasteiger partial charge is 0.462 e. The van der Waals surface area contributed by atoms with Crippen molar-refractivity contribution in [1.29, 1.82) is 0 Å². The van der Waals surface area contributed by atoms with Crippen molar-refractivity contribution in [3.63, 3.8) is 0 Å². The van der Waals surface area contributed by atoms with Gasteiger partial charge in [-0.1, -0.05) is 369 Å². The summed E-state index contributed by atoms with van der Waals surface area (Å²) in [5.41, 5.74) is 0. The van der Waals surface area contributed by atoms with E-state index < -0.39 is 26.5 Å². The first-order chi connectivity index (χ1) is 50.0. The van der Waals surface area contributed by atoms with Crippen LogP contribution in [0, 0.1) is 0 Å². The van der Waals surface area contributed by atoms with Crippen molar-refractivity contribution in [3.05, 3.63) is 182 Å². The van der Waals surface area contributed by atoms with Gasteiger partial charge in [-0.3, -0.25) is 18.6 Å². The summed E-state index contributed by atoms with van der Waals surface area (Å²) in [6, 6.07) is 0. The van der Waals surface area contributed by atoms with E-state index in [0.29, 0.717) is 17.4 Å². The van der Waals surface area contributed by atoms with Crippen LogP contribution in [0.15, 0.2) is 182 Å². The van der Waals surface area contributed by atoms with E-state index in [0.717, 1.165) is 141 Å². The monoisotopic (exact) mass is 1430 g/mol. The lowest BCUT2D eigenvalue weighted by Crippen LogP contribution is -2.37. The molecule has 0 aliphatic carbocycles. The topological polar surface area (TPSA) is 108 Å². The van der Waals surface area contributed by atoms with E-state index in [1.54, 1.807) is 0 Å². The number of carbonyl (C=O) groups excluding carboxylic acids is 2. The van der Waals surface area contributed by atoms with E-state index in [4.69, 9.17) is 18.5 Å². The fraction of sp³-hybridized carbons (Fsp3) is 0.652. The molecule has 1 N–H and O–H groups in total. The highest BCUT2D eigenvalue weighted by Crippen LogP contribution is 2.43. The summed E-state index contributed by atoms with van der Waals surface area (Å²) in [4.78, 5) is 36.0. The lowest BCUT2D eigenvalue weighted by Gasteiger charge is -2.24. The maximum absolute atomic E-state index is 12.9. The summed E-state index contributed by atoms with van der Waals surface area (Å²) < 4.78 is 34.8. The molecule has 0 bridgehead atoms. The molecule has 10 heteroatoms. The van der Waals surface area contributed by atoms with Crippen LogP contribution in [0.4, 0.5) is 0 Å². The molecule has 2 unspecified atom stereocenters. The van der Waals surface area contributed by atoms with Crippen molar-refractivity contribution in [2.75, 3.05) is 47.5 Å². The first kappa shape index (κ1) is 97.1. The van der Waals surface area contributed by atoms with Gasteiger partial charge in [0.05, 0.1) is 27.7 Å². The molecule has 0 radical (unpaired) electrons. The van der Waals surface area contributed by atoms with Crippen LogP contribution in [0.1, 0.15) is 335 Å². The van der Waals surface area contributed by atoms with Crippen LogP contribution in [0.5, 0.6) is 0 Å². The molecule has 0 saturated heterocycles. The average molecular weight is 1430 g/mol. The Bertz CT molecular complexity index is 2390. The zero-order chi connectivity index (χ0) is 74.0. The van der Waals surface area contributed by atoms with Crippen molar-refractivity contribution >= 4 is 19.8 Å². The molecule has 0 heterocycles. The first-order valence-electron chi connectivity index (χ1n) is 41.5. The number of phosphoric ester groups is 1.